The minimum absolute atomic E-state index is 0.0360. The molecule has 0 N–H and O–H groups in total. The third-order valence-corrected chi connectivity index (χ3v) is 13.0. The fraction of sp³-hybridized carbons (Fsp3) is 0.558. The van der Waals surface area contributed by atoms with Crippen LogP contribution < -0.4 is 23.8 Å². The molecule has 0 bridgehead atoms. The number of ether oxygens (including phenoxy) is 4. The Morgan fingerprint density at radius 3 is 2.07 bits per heavy atom. The molecule has 4 aliphatic rings. The molecule has 1 saturated heterocycles. The summed E-state index contributed by atoms with van der Waals surface area (Å²) in [5.41, 5.74) is 4.77. The van der Waals surface area contributed by atoms with Crippen LogP contribution in [0.5, 0.6) is 23.0 Å². The lowest BCUT2D eigenvalue weighted by molar-refractivity contribution is -0.143. The van der Waals surface area contributed by atoms with Crippen LogP contribution in [0.4, 0.5) is 10.6 Å². The van der Waals surface area contributed by atoms with Crippen molar-refractivity contribution in [1.82, 2.24) is 24.6 Å². The topological polar surface area (TPSA) is 100 Å². The molecule has 4 atom stereocenters. The first-order valence-electron chi connectivity index (χ1n) is 19.9. The molecule has 7 rings (SSSR count). The number of hydrogen-bond acceptors (Lipinski definition) is 9. The predicted octanol–water partition coefficient (Wildman–Crippen LogP) is 5.63. The molecule has 12 nitrogen and oxygen atoms in total. The number of benzene rings is 2. The van der Waals surface area contributed by atoms with Crippen LogP contribution in [0, 0.1) is 11.8 Å². The van der Waals surface area contributed by atoms with E-state index in [1.165, 1.54) is 22.3 Å². The molecule has 2 aromatic carbocycles. The van der Waals surface area contributed by atoms with Gasteiger partial charge in [-0.2, -0.15) is 0 Å². The summed E-state index contributed by atoms with van der Waals surface area (Å²) in [6.45, 7) is 10.1. The lowest BCUT2D eigenvalue weighted by Crippen LogP contribution is -2.62. The molecule has 1 unspecified atom stereocenters. The van der Waals surface area contributed by atoms with Gasteiger partial charge in [0.25, 0.3) is 0 Å². The lowest BCUT2D eigenvalue weighted by Gasteiger charge is -2.60. The number of aromatic nitrogens is 1. The zero-order chi connectivity index (χ0) is 38.9. The minimum atomic E-state index is -0.348. The minimum Gasteiger partial charge on any atom is -0.493 e. The zero-order valence-electron chi connectivity index (χ0n) is 33.7. The monoisotopic (exact) mass is 754 g/mol. The number of anilines is 1. The van der Waals surface area contributed by atoms with Crippen molar-refractivity contribution < 1.29 is 28.5 Å². The second-order valence-electron chi connectivity index (χ2n) is 15.3. The summed E-state index contributed by atoms with van der Waals surface area (Å²) < 4.78 is 23.5. The van der Waals surface area contributed by atoms with E-state index in [2.05, 4.69) is 52.9 Å². The summed E-state index contributed by atoms with van der Waals surface area (Å²) in [7, 11) is 8.57. The van der Waals surface area contributed by atoms with E-state index in [1.807, 2.05) is 28.0 Å². The summed E-state index contributed by atoms with van der Waals surface area (Å²) >= 11 is 0. The van der Waals surface area contributed by atoms with E-state index < -0.39 is 0 Å². The average Bonchev–Trinajstić information content (AvgIpc) is 3.24. The molecule has 12 heteroatoms. The summed E-state index contributed by atoms with van der Waals surface area (Å²) in [6, 6.07) is 14.3. The van der Waals surface area contributed by atoms with Gasteiger partial charge in [-0.15, -0.1) is 0 Å². The van der Waals surface area contributed by atoms with Gasteiger partial charge in [-0.05, 0) is 104 Å². The Bertz CT molecular complexity index is 1850. The lowest BCUT2D eigenvalue weighted by atomic mass is 9.58. The molecule has 3 amide bonds. The Kier molecular flexibility index (Phi) is 11.5. The zero-order valence-corrected chi connectivity index (χ0v) is 33.7. The van der Waals surface area contributed by atoms with E-state index in [1.54, 1.807) is 46.6 Å². The highest BCUT2D eigenvalue weighted by molar-refractivity contribution is 5.90. The average molecular weight is 755 g/mol. The second-order valence-corrected chi connectivity index (χ2v) is 15.3. The Hall–Kier alpha value is -4.55. The van der Waals surface area contributed by atoms with Crippen molar-refractivity contribution >= 4 is 17.8 Å². The van der Waals surface area contributed by atoms with E-state index in [0.29, 0.717) is 32.0 Å². The fourth-order valence-corrected chi connectivity index (χ4v) is 10.2. The normalized spacial score (nSPS) is 24.2. The first-order chi connectivity index (χ1) is 26.7. The smallest absolute Gasteiger partial charge is 0.325 e. The van der Waals surface area contributed by atoms with Gasteiger partial charge in [-0.3, -0.25) is 19.5 Å². The molecule has 296 valence electrons. The predicted molar refractivity (Wildman–Crippen MR) is 212 cm³/mol. The standard InChI is InChI=1S/C43H58N6O6/c1-8-46-18-14-29-25-35(52-4)37(54-6)27-32(29)40(46)34-24-31(41(50)47-20-22-48(23-21-47)42(51)45(3)39-12-10-11-17-44-39)13-16-43(34)33-28-38(55-7)36(53-5)26-30(33)15-19-49(43)9-2/h10-12,17,25-28,31,34,40H,8-9,13-16,18-24H2,1-7H3/t31-,34-,40?,43+/m1/s1. The second kappa shape index (κ2) is 16.3. The third-order valence-electron chi connectivity index (χ3n) is 13.0. The largest absolute Gasteiger partial charge is 0.493 e. The van der Waals surface area contributed by atoms with Crippen molar-refractivity contribution in [3.05, 3.63) is 70.9 Å². The molecular weight excluding hydrogens is 697 g/mol. The van der Waals surface area contributed by atoms with Gasteiger partial charge >= 0.3 is 6.03 Å². The van der Waals surface area contributed by atoms with Crippen LogP contribution in [-0.4, -0.2) is 124 Å². The summed E-state index contributed by atoms with van der Waals surface area (Å²) in [4.78, 5) is 43.3. The van der Waals surface area contributed by atoms with Gasteiger partial charge in [-0.25, -0.2) is 9.78 Å². The molecule has 1 aromatic heterocycles. The Morgan fingerprint density at radius 1 is 0.800 bits per heavy atom. The summed E-state index contributed by atoms with van der Waals surface area (Å²) in [6.07, 6.45) is 5.88. The molecule has 2 fully saturated rings. The number of hydrogen-bond donors (Lipinski definition) is 0. The summed E-state index contributed by atoms with van der Waals surface area (Å²) in [5.74, 6) is 3.68. The van der Waals surface area contributed by atoms with Crippen LogP contribution in [0.1, 0.15) is 61.4 Å². The summed E-state index contributed by atoms with van der Waals surface area (Å²) in [5, 5.41) is 0. The first-order valence-corrected chi connectivity index (χ1v) is 19.9. The van der Waals surface area contributed by atoms with E-state index in [-0.39, 0.29) is 35.4 Å². The van der Waals surface area contributed by atoms with Crippen LogP contribution in [0.3, 0.4) is 0 Å². The molecular formula is C43H58N6O6. The molecule has 3 aromatic rings. The van der Waals surface area contributed by atoms with Gasteiger partial charge in [0.1, 0.15) is 5.82 Å². The highest BCUT2D eigenvalue weighted by atomic mass is 16.5. The van der Waals surface area contributed by atoms with Crippen molar-refractivity contribution in [1.29, 1.82) is 0 Å². The Morgan fingerprint density at radius 2 is 1.44 bits per heavy atom. The highest BCUT2D eigenvalue weighted by Crippen LogP contribution is 2.59. The van der Waals surface area contributed by atoms with Gasteiger partial charge in [-0.1, -0.05) is 19.9 Å². The van der Waals surface area contributed by atoms with E-state index in [9.17, 15) is 9.59 Å². The Balaban J connectivity index is 1.26. The molecule has 3 aliphatic heterocycles. The Labute approximate surface area is 326 Å². The molecule has 1 saturated carbocycles. The number of carbonyl (C=O) groups excluding carboxylic acids is 2. The van der Waals surface area contributed by atoms with Gasteiger partial charge in [0.2, 0.25) is 5.91 Å². The van der Waals surface area contributed by atoms with Gasteiger partial charge < -0.3 is 28.7 Å². The molecule has 0 radical (unpaired) electrons. The molecule has 4 heterocycles. The first kappa shape index (κ1) is 38.7. The number of amides is 3. The van der Waals surface area contributed by atoms with Gasteiger partial charge in [0, 0.05) is 70.4 Å². The van der Waals surface area contributed by atoms with Crippen LogP contribution >= 0.6 is 0 Å². The number of carbonyl (C=O) groups is 2. The number of urea groups is 1. The van der Waals surface area contributed by atoms with Gasteiger partial charge in [0.05, 0.1) is 34.0 Å². The maximum Gasteiger partial charge on any atom is 0.325 e. The number of rotatable bonds is 9. The fourth-order valence-electron chi connectivity index (χ4n) is 10.2. The molecule has 1 spiro atoms. The number of methoxy groups -OCH3 is 4. The number of fused-ring (bicyclic) bond motifs is 3. The van der Waals surface area contributed by atoms with Crippen molar-refractivity contribution in [2.45, 2.75) is 57.5 Å². The SMILES string of the molecule is CCN1CCc2cc(OC)c(OC)cc2C1[C@H]1C[C@H](C(=O)N2CCN(C(=O)N(C)c3ccccn3)CC2)CC[C@]12c1cc(OC)c(OC)cc1CCN2CC. The number of nitrogens with zero attached hydrogens (tertiary/aromatic N) is 6. The maximum absolute atomic E-state index is 14.7. The van der Waals surface area contributed by atoms with Crippen molar-refractivity contribution in [3.63, 3.8) is 0 Å². The van der Waals surface area contributed by atoms with Crippen LogP contribution in [0.15, 0.2) is 48.7 Å². The van der Waals surface area contributed by atoms with Crippen LogP contribution in [0.25, 0.3) is 0 Å². The number of pyridine rings is 1. The van der Waals surface area contributed by atoms with Crippen LogP contribution in [0.2, 0.25) is 0 Å². The van der Waals surface area contributed by atoms with Crippen LogP contribution in [-0.2, 0) is 23.2 Å². The van der Waals surface area contributed by atoms with Gasteiger partial charge in [0.15, 0.2) is 23.0 Å². The number of piperazine rings is 1. The van der Waals surface area contributed by atoms with Crippen molar-refractivity contribution in [3.8, 4) is 23.0 Å². The number of likely N-dealkylation sites (N-methyl/N-ethyl adjacent to an activating group) is 2. The van der Waals surface area contributed by atoms with Crippen molar-refractivity contribution in [2.75, 3.05) is 92.7 Å². The maximum atomic E-state index is 14.7. The third kappa shape index (κ3) is 6.85. The quantitative estimate of drug-likeness (QED) is 0.276. The van der Waals surface area contributed by atoms with Crippen molar-refractivity contribution in [2.24, 2.45) is 11.8 Å². The molecule has 1 aliphatic carbocycles. The van der Waals surface area contributed by atoms with E-state index in [4.69, 9.17) is 18.9 Å². The highest BCUT2D eigenvalue weighted by Gasteiger charge is 2.56. The van der Waals surface area contributed by atoms with E-state index in [0.717, 1.165) is 81.3 Å². The van der Waals surface area contributed by atoms with E-state index >= 15 is 0 Å². The molecule has 55 heavy (non-hydrogen) atoms.